The summed E-state index contributed by atoms with van der Waals surface area (Å²) >= 11 is 0. The van der Waals surface area contributed by atoms with E-state index in [2.05, 4.69) is 27.7 Å². The Hall–Kier alpha value is -2.08. The number of nitrogens with one attached hydrogen (secondary N) is 2. The summed E-state index contributed by atoms with van der Waals surface area (Å²) in [4.78, 5) is 26.3. The van der Waals surface area contributed by atoms with E-state index in [1.165, 1.54) is 5.56 Å². The van der Waals surface area contributed by atoms with E-state index in [1.54, 1.807) is 27.7 Å². The zero-order chi connectivity index (χ0) is 18.4. The minimum absolute atomic E-state index is 0.110. The lowest BCUT2D eigenvalue weighted by Gasteiger charge is -2.22. The first-order chi connectivity index (χ1) is 11.7. The topological polar surface area (TPSA) is 70.7 Å². The molecule has 0 spiro atoms. The van der Waals surface area contributed by atoms with Crippen LogP contribution in [0.3, 0.4) is 0 Å². The summed E-state index contributed by atoms with van der Waals surface area (Å²) < 4.78 is 5.17. The summed E-state index contributed by atoms with van der Waals surface area (Å²) in [5.74, 6) is -0.183. The van der Waals surface area contributed by atoms with Gasteiger partial charge in [0, 0.05) is 25.7 Å². The molecule has 2 atom stereocenters. The van der Waals surface area contributed by atoms with E-state index < -0.39 is 17.7 Å². The molecule has 25 heavy (non-hydrogen) atoms. The zero-order valence-corrected chi connectivity index (χ0v) is 15.5. The summed E-state index contributed by atoms with van der Waals surface area (Å²) in [7, 11) is 0. The second-order valence-corrected chi connectivity index (χ2v) is 7.58. The van der Waals surface area contributed by atoms with Gasteiger partial charge in [0.1, 0.15) is 11.6 Å². The molecule has 6 nitrogen and oxygen atoms in total. The molecule has 2 N–H and O–H groups in total. The lowest BCUT2D eigenvalue weighted by Crippen LogP contribution is -2.49. The summed E-state index contributed by atoms with van der Waals surface area (Å²) in [6.07, 6.45) is 0.338. The third-order valence-electron chi connectivity index (χ3n) is 3.99. The van der Waals surface area contributed by atoms with Crippen LogP contribution in [0.1, 0.15) is 39.7 Å². The smallest absolute Gasteiger partial charge is 0.408 e. The summed E-state index contributed by atoms with van der Waals surface area (Å²) in [6, 6.07) is 9.79. The molecule has 1 fully saturated rings. The van der Waals surface area contributed by atoms with E-state index in [1.807, 2.05) is 18.2 Å². The van der Waals surface area contributed by atoms with Gasteiger partial charge >= 0.3 is 6.09 Å². The molecule has 0 aromatic heterocycles. The number of rotatable bonds is 5. The van der Waals surface area contributed by atoms with Gasteiger partial charge in [-0.15, -0.1) is 0 Å². The molecule has 1 unspecified atom stereocenters. The van der Waals surface area contributed by atoms with Crippen molar-refractivity contribution in [1.29, 1.82) is 0 Å². The van der Waals surface area contributed by atoms with Crippen molar-refractivity contribution in [2.45, 2.75) is 58.3 Å². The molecule has 1 aliphatic heterocycles. The molecule has 0 saturated carbocycles. The monoisotopic (exact) mass is 347 g/mol. The average molecular weight is 347 g/mol. The van der Waals surface area contributed by atoms with Gasteiger partial charge in [0.25, 0.3) is 0 Å². The predicted molar refractivity (Wildman–Crippen MR) is 97.1 cm³/mol. The zero-order valence-electron chi connectivity index (χ0n) is 15.5. The largest absolute Gasteiger partial charge is 0.444 e. The number of hydrogen-bond acceptors (Lipinski definition) is 4. The highest BCUT2D eigenvalue weighted by molar-refractivity contribution is 5.85. The van der Waals surface area contributed by atoms with E-state index in [0.29, 0.717) is 0 Å². The van der Waals surface area contributed by atoms with Crippen molar-refractivity contribution in [3.63, 3.8) is 0 Å². The second-order valence-electron chi connectivity index (χ2n) is 7.58. The minimum Gasteiger partial charge on any atom is -0.444 e. The Balaban J connectivity index is 1.74. The maximum absolute atomic E-state index is 12.3. The van der Waals surface area contributed by atoms with Gasteiger partial charge < -0.3 is 15.4 Å². The highest BCUT2D eigenvalue weighted by atomic mass is 16.6. The molecular weight excluding hydrogens is 318 g/mol. The molecule has 1 heterocycles. The molecule has 1 aromatic carbocycles. The Bertz CT molecular complexity index is 583. The van der Waals surface area contributed by atoms with Crippen molar-refractivity contribution in [3.8, 4) is 0 Å². The first-order valence-electron chi connectivity index (χ1n) is 8.79. The van der Waals surface area contributed by atoms with Gasteiger partial charge in [-0.2, -0.15) is 0 Å². The van der Waals surface area contributed by atoms with E-state index in [9.17, 15) is 9.59 Å². The molecule has 2 rings (SSSR count). The number of carbonyl (C=O) groups excluding carboxylic acids is 2. The molecule has 6 heteroatoms. The van der Waals surface area contributed by atoms with E-state index >= 15 is 0 Å². The quantitative estimate of drug-likeness (QED) is 0.857. The first-order valence-corrected chi connectivity index (χ1v) is 8.79. The van der Waals surface area contributed by atoms with Crippen LogP contribution >= 0.6 is 0 Å². The van der Waals surface area contributed by atoms with E-state index in [4.69, 9.17) is 4.74 Å². The van der Waals surface area contributed by atoms with Crippen molar-refractivity contribution in [2.75, 3.05) is 13.1 Å². The van der Waals surface area contributed by atoms with Gasteiger partial charge in [-0.1, -0.05) is 30.3 Å². The number of ether oxygens (including phenoxy) is 1. The number of hydrogen-bond donors (Lipinski definition) is 2. The Morgan fingerprint density at radius 2 is 1.96 bits per heavy atom. The van der Waals surface area contributed by atoms with Crippen LogP contribution in [0.5, 0.6) is 0 Å². The van der Waals surface area contributed by atoms with Gasteiger partial charge in [0.2, 0.25) is 5.91 Å². The highest BCUT2D eigenvalue weighted by Gasteiger charge is 2.27. The van der Waals surface area contributed by atoms with E-state index in [0.717, 1.165) is 26.1 Å². The van der Waals surface area contributed by atoms with Crippen molar-refractivity contribution < 1.29 is 14.3 Å². The lowest BCUT2D eigenvalue weighted by atomic mass is 10.2. The Morgan fingerprint density at radius 3 is 2.60 bits per heavy atom. The third-order valence-corrected chi connectivity index (χ3v) is 3.99. The van der Waals surface area contributed by atoms with Gasteiger partial charge in [0.05, 0.1) is 0 Å². The van der Waals surface area contributed by atoms with Gasteiger partial charge in [-0.05, 0) is 39.7 Å². The van der Waals surface area contributed by atoms with Crippen LogP contribution in [-0.2, 0) is 16.1 Å². The van der Waals surface area contributed by atoms with Crippen molar-refractivity contribution in [2.24, 2.45) is 0 Å². The Labute approximate surface area is 149 Å². The normalized spacial score (nSPS) is 19.3. The van der Waals surface area contributed by atoms with Crippen molar-refractivity contribution >= 4 is 12.0 Å². The number of nitrogens with zero attached hydrogens (tertiary/aromatic N) is 1. The van der Waals surface area contributed by atoms with Crippen LogP contribution in [0.4, 0.5) is 4.79 Å². The molecule has 0 bridgehead atoms. The molecular formula is C19H29N3O3. The Morgan fingerprint density at radius 1 is 1.28 bits per heavy atom. The second kappa shape index (κ2) is 8.34. The van der Waals surface area contributed by atoms with Gasteiger partial charge in [-0.25, -0.2) is 4.79 Å². The molecule has 0 aliphatic carbocycles. The standard InChI is InChI=1S/C19H29N3O3/c1-14(20-18(24)25-19(2,3)4)17(23)21-16-10-11-22(13-16)12-15-8-6-5-7-9-15/h5-9,14,16H,10-13H2,1-4H3,(H,20,24)(H,21,23)/t14-,16?/m1/s1. The maximum atomic E-state index is 12.3. The average Bonchev–Trinajstić information content (AvgIpc) is 2.93. The lowest BCUT2D eigenvalue weighted by molar-refractivity contribution is -0.123. The summed E-state index contributed by atoms with van der Waals surface area (Å²) in [5.41, 5.74) is 0.693. The minimum atomic E-state index is -0.627. The maximum Gasteiger partial charge on any atom is 0.408 e. The number of benzene rings is 1. The van der Waals surface area contributed by atoms with Crippen LogP contribution < -0.4 is 10.6 Å². The van der Waals surface area contributed by atoms with Crippen LogP contribution in [-0.4, -0.2) is 47.7 Å². The molecule has 138 valence electrons. The van der Waals surface area contributed by atoms with Crippen LogP contribution in [0.2, 0.25) is 0 Å². The van der Waals surface area contributed by atoms with Crippen molar-refractivity contribution in [3.05, 3.63) is 35.9 Å². The fourth-order valence-electron chi connectivity index (χ4n) is 2.81. The highest BCUT2D eigenvalue weighted by Crippen LogP contribution is 2.13. The third kappa shape index (κ3) is 6.74. The van der Waals surface area contributed by atoms with E-state index in [-0.39, 0.29) is 11.9 Å². The van der Waals surface area contributed by atoms with Crippen LogP contribution in [0.15, 0.2) is 30.3 Å². The first kappa shape index (κ1) is 19.2. The number of amides is 2. The summed E-state index contributed by atoms with van der Waals surface area (Å²) in [5, 5.41) is 5.59. The fourth-order valence-corrected chi connectivity index (χ4v) is 2.81. The van der Waals surface area contributed by atoms with Gasteiger partial charge in [0.15, 0.2) is 0 Å². The SMILES string of the molecule is C[C@@H](NC(=O)OC(C)(C)C)C(=O)NC1CCN(Cc2ccccc2)C1. The molecule has 1 aromatic rings. The molecule has 2 amide bonds. The summed E-state index contributed by atoms with van der Waals surface area (Å²) in [6.45, 7) is 9.69. The molecule has 1 saturated heterocycles. The fraction of sp³-hybridized carbons (Fsp3) is 0.579. The number of alkyl carbamates (subject to hydrolysis) is 1. The van der Waals surface area contributed by atoms with Gasteiger partial charge in [-0.3, -0.25) is 9.69 Å². The van der Waals surface area contributed by atoms with Crippen LogP contribution in [0.25, 0.3) is 0 Å². The van der Waals surface area contributed by atoms with Crippen LogP contribution in [0, 0.1) is 0 Å². The number of carbonyl (C=O) groups is 2. The number of likely N-dealkylation sites (tertiary alicyclic amines) is 1. The molecule has 1 aliphatic rings. The predicted octanol–water partition coefficient (Wildman–Crippen LogP) is 2.29. The molecule has 0 radical (unpaired) electrons. The Kier molecular flexibility index (Phi) is 6.42. The van der Waals surface area contributed by atoms with Crippen molar-refractivity contribution in [1.82, 2.24) is 15.5 Å².